The summed E-state index contributed by atoms with van der Waals surface area (Å²) in [5.74, 6) is 0.537. The Morgan fingerprint density at radius 1 is 1.31 bits per heavy atom. The third-order valence-electron chi connectivity index (χ3n) is 2.60. The van der Waals surface area contributed by atoms with Crippen LogP contribution in [0.4, 0.5) is 0 Å². The van der Waals surface area contributed by atoms with Gasteiger partial charge in [0, 0.05) is 18.0 Å². The van der Waals surface area contributed by atoms with E-state index in [1.165, 1.54) is 10.5 Å². The second-order valence-electron chi connectivity index (χ2n) is 4.10. The summed E-state index contributed by atoms with van der Waals surface area (Å²) in [5, 5.41) is 12.2. The maximum Gasteiger partial charge on any atom is 0.0434 e. The van der Waals surface area contributed by atoms with Crippen molar-refractivity contribution in [1.29, 1.82) is 0 Å². The van der Waals surface area contributed by atoms with Crippen molar-refractivity contribution in [2.75, 3.05) is 19.4 Å². The Balaban J connectivity index is 2.26. The maximum absolute atomic E-state index is 8.78. The number of nitrogens with one attached hydrogen (secondary N) is 1. The molecule has 1 unspecified atom stereocenters. The van der Waals surface area contributed by atoms with E-state index in [1.54, 1.807) is 11.8 Å². The van der Waals surface area contributed by atoms with Gasteiger partial charge in [0.2, 0.25) is 0 Å². The highest BCUT2D eigenvalue weighted by Gasteiger charge is 2.00. The molecule has 2 N–H and O–H groups in total. The largest absolute Gasteiger partial charge is 0.396 e. The third-order valence-corrected chi connectivity index (χ3v) is 3.35. The molecule has 0 heterocycles. The molecule has 0 saturated heterocycles. The van der Waals surface area contributed by atoms with Crippen LogP contribution in [-0.2, 0) is 6.54 Å². The summed E-state index contributed by atoms with van der Waals surface area (Å²) in [4.78, 5) is 1.30. The Hall–Kier alpha value is -0.510. The highest BCUT2D eigenvalue weighted by Crippen LogP contribution is 2.14. The number of hydrogen-bond donors (Lipinski definition) is 2. The van der Waals surface area contributed by atoms with Gasteiger partial charge in [0.05, 0.1) is 0 Å². The molecule has 0 aliphatic carbocycles. The topological polar surface area (TPSA) is 32.3 Å². The smallest absolute Gasteiger partial charge is 0.0434 e. The van der Waals surface area contributed by atoms with E-state index in [4.69, 9.17) is 5.11 Å². The SMILES string of the molecule is CSc1ccc(CNCC(C)CCO)cc1. The maximum atomic E-state index is 8.78. The van der Waals surface area contributed by atoms with Crippen molar-refractivity contribution in [2.24, 2.45) is 5.92 Å². The van der Waals surface area contributed by atoms with Crippen LogP contribution >= 0.6 is 11.8 Å². The predicted molar refractivity (Wildman–Crippen MR) is 70.8 cm³/mol. The fourth-order valence-corrected chi connectivity index (χ4v) is 1.94. The van der Waals surface area contributed by atoms with Crippen LogP contribution in [0.1, 0.15) is 18.9 Å². The van der Waals surface area contributed by atoms with Gasteiger partial charge in [-0.05, 0) is 42.8 Å². The Morgan fingerprint density at radius 2 is 2.00 bits per heavy atom. The standard InChI is InChI=1S/C13H21NOS/c1-11(7-8-15)9-14-10-12-3-5-13(16-2)6-4-12/h3-6,11,14-15H,7-10H2,1-2H3. The van der Waals surface area contributed by atoms with Gasteiger partial charge in [0.1, 0.15) is 0 Å². The first-order valence-corrected chi connectivity index (χ1v) is 6.93. The lowest BCUT2D eigenvalue weighted by atomic mass is 10.1. The van der Waals surface area contributed by atoms with Crippen molar-refractivity contribution in [3.05, 3.63) is 29.8 Å². The fourth-order valence-electron chi connectivity index (χ4n) is 1.53. The molecule has 2 nitrogen and oxygen atoms in total. The minimum Gasteiger partial charge on any atom is -0.396 e. The monoisotopic (exact) mass is 239 g/mol. The number of aliphatic hydroxyl groups excluding tert-OH is 1. The number of aliphatic hydroxyl groups is 1. The normalized spacial score (nSPS) is 12.7. The number of benzene rings is 1. The molecule has 0 amide bonds. The van der Waals surface area contributed by atoms with Gasteiger partial charge in [0.15, 0.2) is 0 Å². The van der Waals surface area contributed by atoms with Crippen molar-refractivity contribution in [2.45, 2.75) is 24.8 Å². The molecule has 0 aliphatic rings. The number of hydrogen-bond acceptors (Lipinski definition) is 3. The van der Waals surface area contributed by atoms with E-state index < -0.39 is 0 Å². The van der Waals surface area contributed by atoms with Gasteiger partial charge in [0.25, 0.3) is 0 Å². The van der Waals surface area contributed by atoms with Crippen LogP contribution in [0.3, 0.4) is 0 Å². The Morgan fingerprint density at radius 3 is 2.56 bits per heavy atom. The molecule has 0 aromatic heterocycles. The van der Waals surface area contributed by atoms with Crippen LogP contribution in [0.5, 0.6) is 0 Å². The van der Waals surface area contributed by atoms with Gasteiger partial charge >= 0.3 is 0 Å². The first-order chi connectivity index (χ1) is 7.76. The summed E-state index contributed by atoms with van der Waals surface area (Å²) in [6.07, 6.45) is 2.96. The van der Waals surface area contributed by atoms with Crippen LogP contribution in [0.2, 0.25) is 0 Å². The number of rotatable bonds is 7. The molecule has 1 aromatic rings. The second-order valence-corrected chi connectivity index (χ2v) is 4.98. The quantitative estimate of drug-likeness (QED) is 0.717. The van der Waals surface area contributed by atoms with Gasteiger partial charge in [-0.25, -0.2) is 0 Å². The first kappa shape index (κ1) is 13.6. The molecule has 90 valence electrons. The summed E-state index contributed by atoms with van der Waals surface area (Å²) >= 11 is 1.76. The summed E-state index contributed by atoms with van der Waals surface area (Å²) in [7, 11) is 0. The average Bonchev–Trinajstić information content (AvgIpc) is 2.30. The molecule has 3 heteroatoms. The van der Waals surface area contributed by atoms with E-state index in [-0.39, 0.29) is 6.61 Å². The van der Waals surface area contributed by atoms with Crippen LogP contribution in [-0.4, -0.2) is 24.5 Å². The minimum absolute atomic E-state index is 0.283. The van der Waals surface area contributed by atoms with E-state index >= 15 is 0 Å². The van der Waals surface area contributed by atoms with Gasteiger partial charge in [-0.3, -0.25) is 0 Å². The lowest BCUT2D eigenvalue weighted by Crippen LogP contribution is -2.21. The van der Waals surface area contributed by atoms with Crippen LogP contribution in [0, 0.1) is 5.92 Å². The Labute approximate surface area is 102 Å². The molecule has 0 saturated carbocycles. The molecular weight excluding hydrogens is 218 g/mol. The first-order valence-electron chi connectivity index (χ1n) is 5.70. The summed E-state index contributed by atoms with van der Waals surface area (Å²) in [5.41, 5.74) is 1.31. The van der Waals surface area contributed by atoms with Crippen molar-refractivity contribution >= 4 is 11.8 Å². The molecule has 0 fully saturated rings. The Bertz CT molecular complexity index is 286. The van der Waals surface area contributed by atoms with E-state index in [0.29, 0.717) is 5.92 Å². The zero-order chi connectivity index (χ0) is 11.8. The fraction of sp³-hybridized carbons (Fsp3) is 0.538. The van der Waals surface area contributed by atoms with Gasteiger partial charge in [-0.2, -0.15) is 0 Å². The summed E-state index contributed by atoms with van der Waals surface area (Å²) in [6, 6.07) is 8.63. The molecule has 1 atom stereocenters. The van der Waals surface area contributed by atoms with Gasteiger partial charge in [-0.1, -0.05) is 19.1 Å². The molecule has 0 spiro atoms. The van der Waals surface area contributed by atoms with Crippen molar-refractivity contribution in [1.82, 2.24) is 5.32 Å². The van der Waals surface area contributed by atoms with E-state index in [9.17, 15) is 0 Å². The molecule has 0 aliphatic heterocycles. The molecule has 1 rings (SSSR count). The summed E-state index contributed by atoms with van der Waals surface area (Å²) in [6.45, 7) is 4.31. The number of thioether (sulfide) groups is 1. The second kappa shape index (κ2) is 7.71. The molecule has 16 heavy (non-hydrogen) atoms. The lowest BCUT2D eigenvalue weighted by Gasteiger charge is -2.11. The van der Waals surface area contributed by atoms with Crippen LogP contribution < -0.4 is 5.32 Å². The van der Waals surface area contributed by atoms with Crippen molar-refractivity contribution < 1.29 is 5.11 Å². The predicted octanol–water partition coefficient (Wildman–Crippen LogP) is 2.52. The average molecular weight is 239 g/mol. The van der Waals surface area contributed by atoms with E-state index in [0.717, 1.165) is 19.5 Å². The zero-order valence-corrected chi connectivity index (χ0v) is 10.9. The molecule has 1 aromatic carbocycles. The molecule has 0 radical (unpaired) electrons. The van der Waals surface area contributed by atoms with Crippen LogP contribution in [0.15, 0.2) is 29.2 Å². The van der Waals surface area contributed by atoms with Gasteiger partial charge < -0.3 is 10.4 Å². The highest BCUT2D eigenvalue weighted by molar-refractivity contribution is 7.98. The highest BCUT2D eigenvalue weighted by atomic mass is 32.2. The molecular formula is C13H21NOS. The molecule has 0 bridgehead atoms. The van der Waals surface area contributed by atoms with Crippen molar-refractivity contribution in [3.8, 4) is 0 Å². The minimum atomic E-state index is 0.283. The van der Waals surface area contributed by atoms with E-state index in [1.807, 2.05) is 0 Å². The zero-order valence-electron chi connectivity index (χ0n) is 10.1. The Kier molecular flexibility index (Phi) is 6.53. The van der Waals surface area contributed by atoms with Crippen LogP contribution in [0.25, 0.3) is 0 Å². The van der Waals surface area contributed by atoms with Gasteiger partial charge in [-0.15, -0.1) is 11.8 Å². The third kappa shape index (κ3) is 5.01. The summed E-state index contributed by atoms with van der Waals surface area (Å²) < 4.78 is 0. The lowest BCUT2D eigenvalue weighted by molar-refractivity contribution is 0.260. The van der Waals surface area contributed by atoms with Crippen molar-refractivity contribution in [3.63, 3.8) is 0 Å². The van der Waals surface area contributed by atoms with E-state index in [2.05, 4.69) is 42.8 Å².